The number of hydrogen-bond acceptors (Lipinski definition) is 1. The third-order valence-electron chi connectivity index (χ3n) is 6.00. The van der Waals surface area contributed by atoms with Crippen molar-refractivity contribution in [3.8, 4) is 0 Å². The van der Waals surface area contributed by atoms with Crippen LogP contribution in [-0.4, -0.2) is 11.2 Å². The Hall–Kier alpha value is -0.0400. The molecule has 2 aliphatic rings. The van der Waals surface area contributed by atoms with Gasteiger partial charge in [0.2, 0.25) is 0 Å². The van der Waals surface area contributed by atoms with Crippen LogP contribution in [-0.2, 0) is 0 Å². The first kappa shape index (κ1) is 14.4. The molecule has 1 atom stereocenters. The molecule has 2 saturated carbocycles. The molecular formula is C17H32O. The summed E-state index contributed by atoms with van der Waals surface area (Å²) in [5.74, 6) is 1.80. The van der Waals surface area contributed by atoms with E-state index in [1.165, 1.54) is 57.8 Å². The molecule has 0 spiro atoms. The van der Waals surface area contributed by atoms with E-state index in [2.05, 4.69) is 13.8 Å². The normalized spacial score (nSPS) is 34.2. The number of aliphatic hydroxyl groups excluding tert-OH is 1. The SMILES string of the molecule is CCCC(C)C1(C2CCC(O)CC2)CCCCC1. The fraction of sp³-hybridized carbons (Fsp3) is 1.00. The van der Waals surface area contributed by atoms with Gasteiger partial charge in [-0.1, -0.05) is 46.0 Å². The maximum atomic E-state index is 9.75. The van der Waals surface area contributed by atoms with Crippen molar-refractivity contribution in [2.45, 2.75) is 90.6 Å². The third-order valence-corrected chi connectivity index (χ3v) is 6.00. The van der Waals surface area contributed by atoms with Crippen LogP contribution >= 0.6 is 0 Å². The molecule has 0 amide bonds. The minimum absolute atomic E-state index is 0.00312. The van der Waals surface area contributed by atoms with E-state index in [-0.39, 0.29) is 6.10 Å². The molecule has 0 aromatic heterocycles. The van der Waals surface area contributed by atoms with Gasteiger partial charge in [0.15, 0.2) is 0 Å². The fourth-order valence-corrected chi connectivity index (χ4v) is 4.88. The molecule has 1 nitrogen and oxygen atoms in total. The van der Waals surface area contributed by atoms with E-state index in [0.29, 0.717) is 5.41 Å². The minimum atomic E-state index is 0.00312. The first-order valence-electron chi connectivity index (χ1n) is 8.37. The van der Waals surface area contributed by atoms with Crippen molar-refractivity contribution in [3.05, 3.63) is 0 Å². The van der Waals surface area contributed by atoms with Crippen LogP contribution in [0.25, 0.3) is 0 Å². The highest BCUT2D eigenvalue weighted by atomic mass is 16.3. The van der Waals surface area contributed by atoms with Crippen LogP contribution < -0.4 is 0 Å². The summed E-state index contributed by atoms with van der Waals surface area (Å²) in [7, 11) is 0. The van der Waals surface area contributed by atoms with Crippen molar-refractivity contribution in [2.75, 3.05) is 0 Å². The van der Waals surface area contributed by atoms with Crippen LogP contribution in [0.1, 0.15) is 84.5 Å². The van der Waals surface area contributed by atoms with E-state index in [0.717, 1.165) is 24.7 Å². The molecule has 2 fully saturated rings. The second-order valence-electron chi connectivity index (χ2n) is 6.99. The monoisotopic (exact) mass is 252 g/mol. The second kappa shape index (κ2) is 6.41. The van der Waals surface area contributed by atoms with Gasteiger partial charge in [-0.2, -0.15) is 0 Å². The predicted molar refractivity (Wildman–Crippen MR) is 77.6 cm³/mol. The summed E-state index contributed by atoms with van der Waals surface area (Å²) in [6, 6.07) is 0. The summed E-state index contributed by atoms with van der Waals surface area (Å²) in [4.78, 5) is 0. The van der Waals surface area contributed by atoms with Crippen LogP contribution in [0.4, 0.5) is 0 Å². The average Bonchev–Trinajstić information content (AvgIpc) is 2.40. The van der Waals surface area contributed by atoms with Gasteiger partial charge in [0.1, 0.15) is 0 Å². The number of aliphatic hydroxyl groups is 1. The van der Waals surface area contributed by atoms with Crippen LogP contribution in [0.3, 0.4) is 0 Å². The van der Waals surface area contributed by atoms with Gasteiger partial charge in [-0.25, -0.2) is 0 Å². The van der Waals surface area contributed by atoms with Crippen LogP contribution in [0.15, 0.2) is 0 Å². The summed E-state index contributed by atoms with van der Waals surface area (Å²) in [5, 5.41) is 9.75. The number of rotatable bonds is 4. The first-order valence-corrected chi connectivity index (χ1v) is 8.37. The summed E-state index contributed by atoms with van der Waals surface area (Å²) in [5.41, 5.74) is 0.633. The van der Waals surface area contributed by atoms with Crippen LogP contribution in [0.5, 0.6) is 0 Å². The molecule has 2 rings (SSSR count). The Morgan fingerprint density at radius 3 is 2.22 bits per heavy atom. The molecule has 106 valence electrons. The molecule has 0 saturated heterocycles. The summed E-state index contributed by atoms with van der Waals surface area (Å²) in [6.07, 6.45) is 14.7. The topological polar surface area (TPSA) is 20.2 Å². The lowest BCUT2D eigenvalue weighted by Gasteiger charge is -2.50. The largest absolute Gasteiger partial charge is 0.393 e. The zero-order valence-corrected chi connectivity index (χ0v) is 12.5. The quantitative estimate of drug-likeness (QED) is 0.752. The van der Waals surface area contributed by atoms with Crippen molar-refractivity contribution in [2.24, 2.45) is 17.3 Å². The minimum Gasteiger partial charge on any atom is -0.393 e. The lowest BCUT2D eigenvalue weighted by Crippen LogP contribution is -2.41. The predicted octanol–water partition coefficient (Wildman–Crippen LogP) is 4.92. The van der Waals surface area contributed by atoms with Gasteiger partial charge in [-0.15, -0.1) is 0 Å². The molecule has 0 heterocycles. The Bertz CT molecular complexity index is 234. The van der Waals surface area contributed by atoms with Gasteiger partial charge in [0, 0.05) is 0 Å². The Balaban J connectivity index is 2.08. The van der Waals surface area contributed by atoms with E-state index in [1.54, 1.807) is 0 Å². The summed E-state index contributed by atoms with van der Waals surface area (Å²) >= 11 is 0. The fourth-order valence-electron chi connectivity index (χ4n) is 4.88. The maximum Gasteiger partial charge on any atom is 0.0540 e. The highest BCUT2D eigenvalue weighted by Crippen LogP contribution is 2.53. The van der Waals surface area contributed by atoms with Crippen LogP contribution in [0, 0.1) is 17.3 Å². The molecule has 18 heavy (non-hydrogen) atoms. The number of hydrogen-bond donors (Lipinski definition) is 1. The molecule has 0 radical (unpaired) electrons. The molecule has 0 bridgehead atoms. The van der Waals surface area contributed by atoms with Crippen molar-refractivity contribution in [3.63, 3.8) is 0 Å². The van der Waals surface area contributed by atoms with Gasteiger partial charge >= 0.3 is 0 Å². The molecule has 0 aromatic rings. The Morgan fingerprint density at radius 1 is 1.06 bits per heavy atom. The molecular weight excluding hydrogens is 220 g/mol. The van der Waals surface area contributed by atoms with E-state index in [9.17, 15) is 5.11 Å². The van der Waals surface area contributed by atoms with Crippen molar-refractivity contribution in [1.29, 1.82) is 0 Å². The van der Waals surface area contributed by atoms with Crippen molar-refractivity contribution < 1.29 is 5.11 Å². The first-order chi connectivity index (χ1) is 8.69. The summed E-state index contributed by atoms with van der Waals surface area (Å²) < 4.78 is 0. The van der Waals surface area contributed by atoms with Gasteiger partial charge in [0.05, 0.1) is 6.10 Å². The average molecular weight is 252 g/mol. The van der Waals surface area contributed by atoms with Gasteiger partial charge < -0.3 is 5.11 Å². The third kappa shape index (κ3) is 2.92. The van der Waals surface area contributed by atoms with Crippen molar-refractivity contribution >= 4 is 0 Å². The van der Waals surface area contributed by atoms with Gasteiger partial charge in [0.25, 0.3) is 0 Å². The van der Waals surface area contributed by atoms with Crippen LogP contribution in [0.2, 0.25) is 0 Å². The standard InChI is InChI=1S/C17H32O/c1-3-7-14(2)17(12-5-4-6-13-17)15-8-10-16(18)11-9-15/h14-16,18H,3-13H2,1-2H3. The van der Waals surface area contributed by atoms with E-state index < -0.39 is 0 Å². The zero-order valence-electron chi connectivity index (χ0n) is 12.5. The highest BCUT2D eigenvalue weighted by Gasteiger charge is 2.44. The Kier molecular flexibility index (Phi) is 5.12. The highest BCUT2D eigenvalue weighted by molar-refractivity contribution is 4.94. The lowest BCUT2D eigenvalue weighted by atomic mass is 9.55. The molecule has 0 aliphatic heterocycles. The lowest BCUT2D eigenvalue weighted by molar-refractivity contribution is -0.0155. The molecule has 2 aliphatic carbocycles. The van der Waals surface area contributed by atoms with Crippen molar-refractivity contribution in [1.82, 2.24) is 0 Å². The van der Waals surface area contributed by atoms with Gasteiger partial charge in [-0.3, -0.25) is 0 Å². The van der Waals surface area contributed by atoms with Gasteiger partial charge in [-0.05, 0) is 55.8 Å². The zero-order chi connectivity index (χ0) is 13.0. The molecule has 1 unspecified atom stereocenters. The smallest absolute Gasteiger partial charge is 0.0540 e. The maximum absolute atomic E-state index is 9.75. The second-order valence-corrected chi connectivity index (χ2v) is 6.99. The molecule has 1 N–H and O–H groups in total. The van der Waals surface area contributed by atoms with E-state index >= 15 is 0 Å². The summed E-state index contributed by atoms with van der Waals surface area (Å²) in [6.45, 7) is 4.84. The van der Waals surface area contributed by atoms with E-state index in [1.807, 2.05) is 0 Å². The Morgan fingerprint density at radius 2 is 1.67 bits per heavy atom. The molecule has 1 heteroatoms. The molecule has 0 aromatic carbocycles. The van der Waals surface area contributed by atoms with E-state index in [4.69, 9.17) is 0 Å². The Labute approximate surface area is 113 Å².